The molecular formula is C23H19BN2O. The molecule has 4 rings (SSSR count). The van der Waals surface area contributed by atoms with Gasteiger partial charge in [0.05, 0.1) is 16.9 Å². The molecule has 3 aromatic carbocycles. The fraction of sp³-hybridized carbons (Fsp3) is 0.130. The van der Waals surface area contributed by atoms with Gasteiger partial charge in [-0.25, -0.2) is 4.98 Å². The molecule has 27 heavy (non-hydrogen) atoms. The van der Waals surface area contributed by atoms with Gasteiger partial charge in [-0.15, -0.1) is 0 Å². The van der Waals surface area contributed by atoms with Crippen molar-refractivity contribution in [2.24, 2.45) is 0 Å². The molecule has 2 radical (unpaired) electrons. The SMILES string of the molecule is [B]c1ccc2c(=O)n(C(c3ccccc3)c3ccccc3)c(CC)nc2c1. The third-order valence-electron chi connectivity index (χ3n) is 4.80. The summed E-state index contributed by atoms with van der Waals surface area (Å²) in [5.41, 5.74) is 3.31. The molecule has 130 valence electrons. The molecule has 0 amide bonds. The Hall–Kier alpha value is -3.14. The molecule has 1 heterocycles. The average Bonchev–Trinajstić information content (AvgIpc) is 2.71. The number of hydrogen-bond donors (Lipinski definition) is 0. The van der Waals surface area contributed by atoms with Crippen LogP contribution in [0.15, 0.2) is 83.7 Å². The predicted molar refractivity (Wildman–Crippen MR) is 111 cm³/mol. The fourth-order valence-electron chi connectivity index (χ4n) is 3.54. The molecule has 1 aromatic heterocycles. The van der Waals surface area contributed by atoms with Crippen molar-refractivity contribution >= 4 is 24.2 Å². The van der Waals surface area contributed by atoms with Crippen LogP contribution in [0.2, 0.25) is 0 Å². The van der Waals surface area contributed by atoms with Gasteiger partial charge in [0.1, 0.15) is 13.7 Å². The van der Waals surface area contributed by atoms with Crippen LogP contribution in [0.1, 0.15) is 29.9 Å². The highest BCUT2D eigenvalue weighted by molar-refractivity contribution is 6.33. The summed E-state index contributed by atoms with van der Waals surface area (Å²) in [5, 5.41) is 0.582. The molecular weight excluding hydrogens is 331 g/mol. The van der Waals surface area contributed by atoms with Gasteiger partial charge >= 0.3 is 0 Å². The normalized spacial score (nSPS) is 11.2. The van der Waals surface area contributed by atoms with E-state index in [0.29, 0.717) is 22.8 Å². The van der Waals surface area contributed by atoms with E-state index < -0.39 is 0 Å². The van der Waals surface area contributed by atoms with E-state index >= 15 is 0 Å². The summed E-state index contributed by atoms with van der Waals surface area (Å²) >= 11 is 0. The van der Waals surface area contributed by atoms with E-state index in [1.54, 1.807) is 18.2 Å². The van der Waals surface area contributed by atoms with Crippen LogP contribution >= 0.6 is 0 Å². The maximum absolute atomic E-state index is 13.5. The Kier molecular flexibility index (Phi) is 4.63. The number of hydrogen-bond acceptors (Lipinski definition) is 2. The Bertz CT molecular complexity index is 1100. The standard InChI is InChI=1S/C23H19BN2O/c1-2-21-25-20-15-18(24)13-14-19(20)23(27)26(21)22(16-9-5-3-6-10-16)17-11-7-4-8-12-17/h3-15,22H,2H2,1H3. The zero-order valence-electron chi connectivity index (χ0n) is 15.2. The molecule has 0 unspecified atom stereocenters. The molecule has 0 fully saturated rings. The maximum Gasteiger partial charge on any atom is 0.262 e. The fourth-order valence-corrected chi connectivity index (χ4v) is 3.54. The number of benzene rings is 3. The molecule has 0 saturated heterocycles. The largest absolute Gasteiger partial charge is 0.284 e. The lowest BCUT2D eigenvalue weighted by Crippen LogP contribution is -2.31. The molecule has 3 nitrogen and oxygen atoms in total. The minimum atomic E-state index is -0.232. The molecule has 0 bridgehead atoms. The van der Waals surface area contributed by atoms with Crippen LogP contribution in [0.5, 0.6) is 0 Å². The Labute approximate surface area is 159 Å². The van der Waals surface area contributed by atoms with Crippen LogP contribution in [0.4, 0.5) is 0 Å². The molecule has 4 aromatic rings. The molecule has 0 N–H and O–H groups in total. The van der Waals surface area contributed by atoms with E-state index in [-0.39, 0.29) is 11.6 Å². The number of fused-ring (bicyclic) bond motifs is 1. The van der Waals surface area contributed by atoms with Crippen LogP contribution in [-0.2, 0) is 6.42 Å². The first kappa shape index (κ1) is 17.3. The van der Waals surface area contributed by atoms with Crippen LogP contribution in [0, 0.1) is 0 Å². The van der Waals surface area contributed by atoms with Crippen molar-refractivity contribution in [3.05, 3.63) is 106 Å². The van der Waals surface area contributed by atoms with E-state index in [0.717, 1.165) is 17.0 Å². The van der Waals surface area contributed by atoms with Crippen molar-refractivity contribution in [1.29, 1.82) is 0 Å². The molecule has 0 aliphatic heterocycles. The second kappa shape index (κ2) is 7.24. The second-order valence-electron chi connectivity index (χ2n) is 6.56. The molecule has 0 aliphatic carbocycles. The quantitative estimate of drug-likeness (QED) is 0.529. The third kappa shape index (κ3) is 3.19. The lowest BCUT2D eigenvalue weighted by Gasteiger charge is -2.24. The maximum atomic E-state index is 13.5. The van der Waals surface area contributed by atoms with Crippen molar-refractivity contribution < 1.29 is 0 Å². The summed E-state index contributed by atoms with van der Waals surface area (Å²) in [5.74, 6) is 0.746. The van der Waals surface area contributed by atoms with Gasteiger partial charge in [-0.1, -0.05) is 79.1 Å². The Morgan fingerprint density at radius 3 is 2.07 bits per heavy atom. The lowest BCUT2D eigenvalue weighted by molar-refractivity contribution is 0.604. The molecule has 0 spiro atoms. The van der Waals surface area contributed by atoms with Gasteiger partial charge in [0, 0.05) is 6.42 Å². The van der Waals surface area contributed by atoms with Gasteiger partial charge in [0.15, 0.2) is 0 Å². The zero-order chi connectivity index (χ0) is 18.8. The summed E-state index contributed by atoms with van der Waals surface area (Å²) in [7, 11) is 5.90. The smallest absolute Gasteiger partial charge is 0.262 e. The van der Waals surface area contributed by atoms with Crippen LogP contribution in [0.25, 0.3) is 10.9 Å². The highest BCUT2D eigenvalue weighted by Crippen LogP contribution is 2.27. The Morgan fingerprint density at radius 1 is 0.926 bits per heavy atom. The van der Waals surface area contributed by atoms with E-state index in [1.807, 2.05) is 47.9 Å². The first-order valence-electron chi connectivity index (χ1n) is 9.09. The summed E-state index contributed by atoms with van der Waals surface area (Å²) in [6.45, 7) is 2.02. The van der Waals surface area contributed by atoms with Crippen molar-refractivity contribution in [3.63, 3.8) is 0 Å². The topological polar surface area (TPSA) is 34.9 Å². The van der Waals surface area contributed by atoms with Crippen molar-refractivity contribution in [2.45, 2.75) is 19.4 Å². The number of aromatic nitrogens is 2. The highest BCUT2D eigenvalue weighted by atomic mass is 16.1. The predicted octanol–water partition coefficient (Wildman–Crippen LogP) is 3.39. The third-order valence-corrected chi connectivity index (χ3v) is 4.80. The highest BCUT2D eigenvalue weighted by Gasteiger charge is 2.22. The number of nitrogens with zero attached hydrogens (tertiary/aromatic N) is 2. The number of rotatable bonds is 4. The zero-order valence-corrected chi connectivity index (χ0v) is 15.2. The van der Waals surface area contributed by atoms with E-state index in [4.69, 9.17) is 12.8 Å². The van der Waals surface area contributed by atoms with Gasteiger partial charge < -0.3 is 0 Å². The van der Waals surface area contributed by atoms with E-state index in [2.05, 4.69) is 24.3 Å². The van der Waals surface area contributed by atoms with Crippen molar-refractivity contribution in [1.82, 2.24) is 9.55 Å². The van der Waals surface area contributed by atoms with Crippen molar-refractivity contribution in [3.8, 4) is 0 Å². The van der Waals surface area contributed by atoms with Gasteiger partial charge in [0.2, 0.25) is 0 Å². The molecule has 4 heteroatoms. The van der Waals surface area contributed by atoms with Crippen molar-refractivity contribution in [2.75, 3.05) is 0 Å². The second-order valence-corrected chi connectivity index (χ2v) is 6.56. The molecule has 0 atom stereocenters. The van der Waals surface area contributed by atoms with Crippen LogP contribution < -0.4 is 11.0 Å². The molecule has 0 saturated carbocycles. The Balaban J connectivity index is 2.06. The van der Waals surface area contributed by atoms with Gasteiger partial charge in [-0.05, 0) is 23.3 Å². The first-order valence-corrected chi connectivity index (χ1v) is 9.09. The minimum Gasteiger partial charge on any atom is -0.284 e. The van der Waals surface area contributed by atoms with E-state index in [1.165, 1.54) is 0 Å². The summed E-state index contributed by atoms with van der Waals surface area (Å²) in [4.78, 5) is 18.3. The lowest BCUT2D eigenvalue weighted by atomic mass is 9.95. The van der Waals surface area contributed by atoms with Crippen LogP contribution in [-0.4, -0.2) is 17.4 Å². The minimum absolute atomic E-state index is 0.0467. The summed E-state index contributed by atoms with van der Waals surface area (Å²) < 4.78 is 1.82. The Morgan fingerprint density at radius 2 is 1.52 bits per heavy atom. The summed E-state index contributed by atoms with van der Waals surface area (Å²) in [6, 6.07) is 25.2. The van der Waals surface area contributed by atoms with Gasteiger partial charge in [-0.3, -0.25) is 9.36 Å². The van der Waals surface area contributed by atoms with E-state index in [9.17, 15) is 4.79 Å². The first-order chi connectivity index (χ1) is 13.2. The van der Waals surface area contributed by atoms with Gasteiger partial charge in [0.25, 0.3) is 5.56 Å². The number of aryl methyl sites for hydroxylation is 1. The summed E-state index contributed by atoms with van der Waals surface area (Å²) in [6.07, 6.45) is 0.649. The average molecular weight is 350 g/mol. The van der Waals surface area contributed by atoms with Crippen LogP contribution in [0.3, 0.4) is 0 Å². The molecule has 0 aliphatic rings. The van der Waals surface area contributed by atoms with Gasteiger partial charge in [-0.2, -0.15) is 0 Å². The monoisotopic (exact) mass is 350 g/mol.